The number of nitrogens with one attached hydrogen (secondary N) is 2. The van der Waals surface area contributed by atoms with Gasteiger partial charge in [0.2, 0.25) is 0 Å². The van der Waals surface area contributed by atoms with Crippen molar-refractivity contribution in [3.8, 4) is 0 Å². The number of hydrogen-bond acceptors (Lipinski definition) is 5. The van der Waals surface area contributed by atoms with E-state index in [0.29, 0.717) is 13.1 Å². The molecule has 106 valence electrons. The molecule has 2 rings (SSSR count). The zero-order valence-corrected chi connectivity index (χ0v) is 12.0. The fourth-order valence-electron chi connectivity index (χ4n) is 1.86. The molecule has 0 bridgehead atoms. The van der Waals surface area contributed by atoms with Crippen LogP contribution in [-0.4, -0.2) is 18.1 Å². The number of carbonyl (C=O) groups excluding carboxylic acids is 1. The predicted molar refractivity (Wildman–Crippen MR) is 77.6 cm³/mol. The van der Waals surface area contributed by atoms with Crippen LogP contribution in [0.2, 0.25) is 0 Å². The first-order valence-electron chi connectivity index (χ1n) is 6.20. The molecule has 20 heavy (non-hydrogen) atoms. The minimum absolute atomic E-state index is 0.0482. The number of aromatic nitrogens is 1. The molecule has 0 fully saturated rings. The molecular weight excluding hydrogens is 276 g/mol. The van der Waals surface area contributed by atoms with Crippen molar-refractivity contribution in [3.05, 3.63) is 56.1 Å². The van der Waals surface area contributed by atoms with Gasteiger partial charge in [-0.25, -0.2) is 0 Å². The number of hydrogen-bond donors (Lipinski definition) is 2. The maximum Gasteiger partial charge on any atom is 0.309 e. The van der Waals surface area contributed by atoms with E-state index in [4.69, 9.17) is 0 Å². The first-order valence-corrected chi connectivity index (χ1v) is 7.08. The van der Waals surface area contributed by atoms with Crippen molar-refractivity contribution in [2.24, 2.45) is 0 Å². The highest BCUT2D eigenvalue weighted by atomic mass is 32.1. The van der Waals surface area contributed by atoms with Crippen LogP contribution in [0.1, 0.15) is 16.8 Å². The van der Waals surface area contributed by atoms with Crippen LogP contribution in [0.4, 0.5) is 0 Å². The number of thiazole rings is 1. The van der Waals surface area contributed by atoms with E-state index in [9.17, 15) is 9.59 Å². The number of ether oxygens (including phenoxy) is 1. The fraction of sp³-hybridized carbons (Fsp3) is 0.286. The largest absolute Gasteiger partial charge is 0.469 e. The van der Waals surface area contributed by atoms with Gasteiger partial charge in [0.1, 0.15) is 0 Å². The van der Waals surface area contributed by atoms with Crippen LogP contribution in [0.25, 0.3) is 0 Å². The quantitative estimate of drug-likeness (QED) is 0.790. The van der Waals surface area contributed by atoms with Crippen LogP contribution in [0.5, 0.6) is 0 Å². The second-order valence-corrected chi connectivity index (χ2v) is 5.14. The Balaban J connectivity index is 1.95. The smallest absolute Gasteiger partial charge is 0.309 e. The molecule has 0 aliphatic carbocycles. The summed E-state index contributed by atoms with van der Waals surface area (Å²) in [5.41, 5.74) is 2.87. The molecule has 0 radical (unpaired) electrons. The molecule has 0 saturated heterocycles. The molecule has 0 unspecified atom stereocenters. The van der Waals surface area contributed by atoms with E-state index in [1.165, 1.54) is 7.11 Å². The molecule has 0 saturated carbocycles. The number of benzene rings is 1. The summed E-state index contributed by atoms with van der Waals surface area (Å²) in [5.74, 6) is -0.250. The zero-order chi connectivity index (χ0) is 14.4. The molecule has 6 heteroatoms. The third kappa shape index (κ3) is 4.04. The standard InChI is InChI=1S/C14H16N2O3S/c1-19-13(17)6-10-4-2-3-5-11(10)7-15-8-12-9-20-14(18)16-12/h2-5,9,15H,6-8H2,1H3,(H,16,18). The second-order valence-electron chi connectivity index (χ2n) is 4.30. The SMILES string of the molecule is COC(=O)Cc1ccccc1CNCc1csc(=O)[nH]1. The number of carbonyl (C=O) groups is 1. The summed E-state index contributed by atoms with van der Waals surface area (Å²) >= 11 is 1.15. The Morgan fingerprint density at radius 3 is 2.70 bits per heavy atom. The monoisotopic (exact) mass is 292 g/mol. The first-order chi connectivity index (χ1) is 9.69. The van der Waals surface area contributed by atoms with Crippen LogP contribution in [0, 0.1) is 0 Å². The summed E-state index contributed by atoms with van der Waals surface area (Å²) in [6, 6.07) is 7.73. The van der Waals surface area contributed by atoms with E-state index in [1.54, 1.807) is 5.38 Å². The molecule has 1 aromatic carbocycles. The topological polar surface area (TPSA) is 71.2 Å². The van der Waals surface area contributed by atoms with Gasteiger partial charge in [0, 0.05) is 24.2 Å². The van der Waals surface area contributed by atoms with Gasteiger partial charge in [-0.2, -0.15) is 0 Å². The van der Waals surface area contributed by atoms with Crippen LogP contribution in [-0.2, 0) is 29.0 Å². The van der Waals surface area contributed by atoms with Crippen LogP contribution < -0.4 is 10.2 Å². The lowest BCUT2D eigenvalue weighted by Crippen LogP contribution is -2.16. The fourth-order valence-corrected chi connectivity index (χ4v) is 2.44. The van der Waals surface area contributed by atoms with Crippen molar-refractivity contribution in [2.75, 3.05) is 7.11 Å². The minimum Gasteiger partial charge on any atom is -0.469 e. The number of H-pyrrole nitrogens is 1. The Morgan fingerprint density at radius 2 is 2.05 bits per heavy atom. The highest BCUT2D eigenvalue weighted by molar-refractivity contribution is 7.07. The molecule has 0 aliphatic heterocycles. The molecule has 1 aromatic heterocycles. The van der Waals surface area contributed by atoms with E-state index >= 15 is 0 Å². The summed E-state index contributed by atoms with van der Waals surface area (Å²) in [5, 5.41) is 5.05. The Labute approximate surface area is 120 Å². The van der Waals surface area contributed by atoms with Gasteiger partial charge in [-0.05, 0) is 11.1 Å². The van der Waals surface area contributed by atoms with E-state index in [1.807, 2.05) is 24.3 Å². The molecule has 0 atom stereocenters. The highest BCUT2D eigenvalue weighted by Crippen LogP contribution is 2.10. The molecule has 2 aromatic rings. The van der Waals surface area contributed by atoms with E-state index in [-0.39, 0.29) is 17.3 Å². The van der Waals surface area contributed by atoms with E-state index in [0.717, 1.165) is 28.2 Å². The van der Waals surface area contributed by atoms with Crippen molar-refractivity contribution in [1.29, 1.82) is 0 Å². The summed E-state index contributed by atoms with van der Waals surface area (Å²) in [7, 11) is 1.39. The van der Waals surface area contributed by atoms with Gasteiger partial charge >= 0.3 is 10.8 Å². The first kappa shape index (κ1) is 14.5. The highest BCUT2D eigenvalue weighted by Gasteiger charge is 2.07. The van der Waals surface area contributed by atoms with Crippen molar-refractivity contribution < 1.29 is 9.53 Å². The lowest BCUT2D eigenvalue weighted by atomic mass is 10.0. The number of aromatic amines is 1. The molecule has 0 spiro atoms. The Hall–Kier alpha value is -1.92. The summed E-state index contributed by atoms with van der Waals surface area (Å²) in [4.78, 5) is 25.1. The van der Waals surface area contributed by atoms with E-state index in [2.05, 4.69) is 15.0 Å². The number of esters is 1. The van der Waals surface area contributed by atoms with Gasteiger partial charge in [-0.3, -0.25) is 9.59 Å². The van der Waals surface area contributed by atoms with Gasteiger partial charge in [0.05, 0.1) is 13.5 Å². The molecule has 0 aliphatic rings. The maximum absolute atomic E-state index is 11.4. The van der Waals surface area contributed by atoms with Crippen molar-refractivity contribution in [3.63, 3.8) is 0 Å². The van der Waals surface area contributed by atoms with Crippen molar-refractivity contribution >= 4 is 17.3 Å². The third-order valence-electron chi connectivity index (χ3n) is 2.88. The Morgan fingerprint density at radius 1 is 1.30 bits per heavy atom. The van der Waals surface area contributed by atoms with Crippen LogP contribution in [0.3, 0.4) is 0 Å². The molecule has 5 nitrogen and oxygen atoms in total. The van der Waals surface area contributed by atoms with Crippen LogP contribution in [0.15, 0.2) is 34.4 Å². The average Bonchev–Trinajstić information content (AvgIpc) is 2.86. The average molecular weight is 292 g/mol. The summed E-state index contributed by atoms with van der Waals surface area (Å²) in [6.45, 7) is 1.22. The zero-order valence-electron chi connectivity index (χ0n) is 11.1. The molecular formula is C14H16N2O3S. The van der Waals surface area contributed by atoms with Gasteiger partial charge in [0.25, 0.3) is 0 Å². The molecule has 0 amide bonds. The normalized spacial score (nSPS) is 10.4. The van der Waals surface area contributed by atoms with Gasteiger partial charge in [-0.1, -0.05) is 35.6 Å². The molecule has 2 N–H and O–H groups in total. The number of rotatable bonds is 6. The van der Waals surface area contributed by atoms with E-state index < -0.39 is 0 Å². The Kier molecular flexibility index (Phi) is 5.09. The lowest BCUT2D eigenvalue weighted by Gasteiger charge is -2.09. The molecule has 1 heterocycles. The number of methoxy groups -OCH3 is 1. The predicted octanol–water partition coefficient (Wildman–Crippen LogP) is 1.44. The third-order valence-corrected chi connectivity index (χ3v) is 3.60. The van der Waals surface area contributed by atoms with Gasteiger partial charge in [0.15, 0.2) is 0 Å². The van der Waals surface area contributed by atoms with Gasteiger partial charge < -0.3 is 15.0 Å². The van der Waals surface area contributed by atoms with Crippen LogP contribution >= 0.6 is 11.3 Å². The second kappa shape index (κ2) is 7.02. The Bertz CT molecular complexity index is 633. The lowest BCUT2D eigenvalue weighted by molar-refractivity contribution is -0.139. The van der Waals surface area contributed by atoms with Crippen molar-refractivity contribution in [1.82, 2.24) is 10.3 Å². The summed E-state index contributed by atoms with van der Waals surface area (Å²) in [6.07, 6.45) is 0.267. The maximum atomic E-state index is 11.4. The summed E-state index contributed by atoms with van der Waals surface area (Å²) < 4.78 is 4.69. The minimum atomic E-state index is -0.250. The van der Waals surface area contributed by atoms with Crippen molar-refractivity contribution in [2.45, 2.75) is 19.5 Å². The van der Waals surface area contributed by atoms with Gasteiger partial charge in [-0.15, -0.1) is 0 Å².